The molecule has 0 amide bonds. The zero-order valence-corrected chi connectivity index (χ0v) is 12.4. The molecule has 0 atom stereocenters. The summed E-state index contributed by atoms with van der Waals surface area (Å²) in [6, 6.07) is 10.7. The lowest BCUT2D eigenvalue weighted by Crippen LogP contribution is -2.49. The number of anilines is 1. The summed E-state index contributed by atoms with van der Waals surface area (Å²) in [4.78, 5) is 5.04. The van der Waals surface area contributed by atoms with E-state index in [1.165, 1.54) is 5.69 Å². The highest BCUT2D eigenvalue weighted by molar-refractivity contribution is 7.80. The lowest BCUT2D eigenvalue weighted by atomic mass is 9.95. The molecule has 1 aromatic carbocycles. The van der Waals surface area contributed by atoms with Crippen LogP contribution in [0.15, 0.2) is 30.3 Å². The van der Waals surface area contributed by atoms with Crippen LogP contribution in [0.25, 0.3) is 0 Å². The van der Waals surface area contributed by atoms with Crippen molar-refractivity contribution in [3.05, 3.63) is 30.3 Å². The largest absolute Gasteiger partial charge is 0.369 e. The summed E-state index contributed by atoms with van der Waals surface area (Å²) in [5.74, 6) is 0.950. The van der Waals surface area contributed by atoms with Gasteiger partial charge in [0.2, 0.25) is 0 Å². The van der Waals surface area contributed by atoms with Crippen molar-refractivity contribution in [1.82, 2.24) is 4.90 Å². The van der Waals surface area contributed by atoms with Crippen molar-refractivity contribution in [3.63, 3.8) is 0 Å². The van der Waals surface area contributed by atoms with E-state index >= 15 is 0 Å². The number of benzene rings is 1. The third-order valence-corrected chi connectivity index (χ3v) is 4.43. The first kappa shape index (κ1) is 13.8. The summed E-state index contributed by atoms with van der Waals surface area (Å²) in [6.45, 7) is 10.3. The topological polar surface area (TPSA) is 6.48 Å². The molecule has 0 N–H and O–H groups in total. The summed E-state index contributed by atoms with van der Waals surface area (Å²) >= 11 is 4.44. The smallest absolute Gasteiger partial charge is 0.0367 e. The molecule has 0 unspecified atom stereocenters. The van der Waals surface area contributed by atoms with Crippen LogP contribution in [0, 0.1) is 5.41 Å². The third kappa shape index (κ3) is 3.66. The molecule has 100 valence electrons. The molecule has 2 rings (SSSR count). The zero-order chi connectivity index (χ0) is 13.0. The Morgan fingerprint density at radius 3 is 2.22 bits per heavy atom. The highest BCUT2D eigenvalue weighted by atomic mass is 32.1. The fourth-order valence-corrected chi connectivity index (χ4v) is 2.56. The molecule has 0 aromatic heterocycles. The van der Waals surface area contributed by atoms with Crippen molar-refractivity contribution >= 4 is 18.3 Å². The third-order valence-electron chi connectivity index (χ3n) is 3.57. The quantitative estimate of drug-likeness (QED) is 0.836. The van der Waals surface area contributed by atoms with Crippen LogP contribution < -0.4 is 4.90 Å². The van der Waals surface area contributed by atoms with E-state index in [9.17, 15) is 0 Å². The average Bonchev–Trinajstić information content (AvgIpc) is 2.40. The predicted octanol–water partition coefficient (Wildman–Crippen LogP) is 2.76. The van der Waals surface area contributed by atoms with Crippen molar-refractivity contribution in [2.45, 2.75) is 13.8 Å². The molecule has 0 bridgehead atoms. The van der Waals surface area contributed by atoms with Crippen LogP contribution >= 0.6 is 12.6 Å². The Morgan fingerprint density at radius 1 is 1.06 bits per heavy atom. The summed E-state index contributed by atoms with van der Waals surface area (Å²) in [5, 5.41) is 0. The van der Waals surface area contributed by atoms with Crippen molar-refractivity contribution in [3.8, 4) is 0 Å². The van der Waals surface area contributed by atoms with E-state index in [1.807, 2.05) is 0 Å². The Hall–Kier alpha value is -0.670. The molecule has 1 heterocycles. The highest BCUT2D eigenvalue weighted by Crippen LogP contribution is 2.21. The Morgan fingerprint density at radius 2 is 1.67 bits per heavy atom. The maximum absolute atomic E-state index is 4.44. The van der Waals surface area contributed by atoms with E-state index in [-0.39, 0.29) is 0 Å². The van der Waals surface area contributed by atoms with Crippen LogP contribution in [-0.4, -0.2) is 43.4 Å². The molecule has 0 aliphatic carbocycles. The van der Waals surface area contributed by atoms with Crippen LogP contribution in [0.2, 0.25) is 0 Å². The second kappa shape index (κ2) is 5.98. The second-order valence-electron chi connectivity index (χ2n) is 5.92. The van der Waals surface area contributed by atoms with Crippen LogP contribution in [-0.2, 0) is 0 Å². The standard InChI is InChI=1S/C15H24N2S/c1-15(2,13-18)12-16-8-10-17(11-9-16)14-6-4-3-5-7-14/h3-7,18H,8-13H2,1-2H3. The van der Waals surface area contributed by atoms with E-state index in [2.05, 4.69) is 66.6 Å². The number of thiol groups is 1. The van der Waals surface area contributed by atoms with Gasteiger partial charge in [-0.3, -0.25) is 4.90 Å². The first-order chi connectivity index (χ1) is 8.61. The Labute approximate surface area is 116 Å². The van der Waals surface area contributed by atoms with Crippen molar-refractivity contribution in [2.75, 3.05) is 43.4 Å². The van der Waals surface area contributed by atoms with Gasteiger partial charge < -0.3 is 4.90 Å². The molecule has 1 saturated heterocycles. The normalized spacial score (nSPS) is 18.1. The van der Waals surface area contributed by atoms with Gasteiger partial charge in [0, 0.05) is 38.4 Å². The maximum Gasteiger partial charge on any atom is 0.0367 e. The average molecular weight is 264 g/mol. The molecule has 1 aliphatic heterocycles. The number of piperazine rings is 1. The fourth-order valence-electron chi connectivity index (χ4n) is 2.46. The highest BCUT2D eigenvalue weighted by Gasteiger charge is 2.23. The molecule has 1 fully saturated rings. The number of nitrogens with zero attached hydrogens (tertiary/aromatic N) is 2. The van der Waals surface area contributed by atoms with Gasteiger partial charge in [-0.25, -0.2) is 0 Å². The minimum Gasteiger partial charge on any atom is -0.369 e. The van der Waals surface area contributed by atoms with Gasteiger partial charge in [-0.2, -0.15) is 12.6 Å². The minimum atomic E-state index is 0.317. The van der Waals surface area contributed by atoms with E-state index < -0.39 is 0 Å². The van der Waals surface area contributed by atoms with Crippen LogP contribution in [0.1, 0.15) is 13.8 Å². The van der Waals surface area contributed by atoms with Gasteiger partial charge in [0.05, 0.1) is 0 Å². The van der Waals surface area contributed by atoms with Crippen molar-refractivity contribution in [2.24, 2.45) is 5.41 Å². The summed E-state index contributed by atoms with van der Waals surface area (Å²) < 4.78 is 0. The van der Waals surface area contributed by atoms with Crippen LogP contribution in [0.3, 0.4) is 0 Å². The summed E-state index contributed by atoms with van der Waals surface area (Å²) in [7, 11) is 0. The van der Waals surface area contributed by atoms with E-state index in [0.29, 0.717) is 5.41 Å². The lowest BCUT2D eigenvalue weighted by Gasteiger charge is -2.39. The number of hydrogen-bond donors (Lipinski definition) is 1. The molecular weight excluding hydrogens is 240 g/mol. The SMILES string of the molecule is CC(C)(CS)CN1CCN(c2ccccc2)CC1. The molecule has 0 saturated carbocycles. The Kier molecular flexibility index (Phi) is 4.57. The Bertz CT molecular complexity index is 356. The second-order valence-corrected chi connectivity index (χ2v) is 6.24. The van der Waals surface area contributed by atoms with Crippen LogP contribution in [0.5, 0.6) is 0 Å². The first-order valence-corrected chi connectivity index (χ1v) is 7.37. The molecule has 3 heteroatoms. The van der Waals surface area contributed by atoms with Gasteiger partial charge in [0.1, 0.15) is 0 Å². The summed E-state index contributed by atoms with van der Waals surface area (Å²) in [5.41, 5.74) is 1.67. The minimum absolute atomic E-state index is 0.317. The monoisotopic (exact) mass is 264 g/mol. The van der Waals surface area contributed by atoms with Gasteiger partial charge in [0.15, 0.2) is 0 Å². The number of para-hydroxylation sites is 1. The predicted molar refractivity (Wildman–Crippen MR) is 82.7 cm³/mol. The first-order valence-electron chi connectivity index (χ1n) is 6.74. The van der Waals surface area contributed by atoms with Gasteiger partial charge in [0.25, 0.3) is 0 Å². The van der Waals surface area contributed by atoms with E-state index in [4.69, 9.17) is 0 Å². The van der Waals surface area contributed by atoms with E-state index in [0.717, 1.165) is 38.5 Å². The van der Waals surface area contributed by atoms with Gasteiger partial charge in [-0.15, -0.1) is 0 Å². The maximum atomic E-state index is 4.44. The molecule has 18 heavy (non-hydrogen) atoms. The molecular formula is C15H24N2S. The Balaban J connectivity index is 1.85. The molecule has 0 radical (unpaired) electrons. The number of rotatable bonds is 4. The molecule has 0 spiro atoms. The summed E-state index contributed by atoms with van der Waals surface area (Å²) in [6.07, 6.45) is 0. The van der Waals surface area contributed by atoms with Gasteiger partial charge in [-0.05, 0) is 23.3 Å². The molecule has 1 aromatic rings. The van der Waals surface area contributed by atoms with Crippen molar-refractivity contribution in [1.29, 1.82) is 0 Å². The molecule has 1 aliphatic rings. The lowest BCUT2D eigenvalue weighted by molar-refractivity contribution is 0.185. The van der Waals surface area contributed by atoms with Crippen LogP contribution in [0.4, 0.5) is 5.69 Å². The number of hydrogen-bond acceptors (Lipinski definition) is 3. The zero-order valence-electron chi connectivity index (χ0n) is 11.5. The fraction of sp³-hybridized carbons (Fsp3) is 0.600. The van der Waals surface area contributed by atoms with Crippen molar-refractivity contribution < 1.29 is 0 Å². The van der Waals surface area contributed by atoms with Gasteiger partial charge in [-0.1, -0.05) is 32.0 Å². The van der Waals surface area contributed by atoms with Gasteiger partial charge >= 0.3 is 0 Å². The molecule has 2 nitrogen and oxygen atoms in total. The van der Waals surface area contributed by atoms with E-state index in [1.54, 1.807) is 0 Å².